The lowest BCUT2D eigenvalue weighted by Crippen LogP contribution is -2.23. The van der Waals surface area contributed by atoms with Crippen LogP contribution in [0, 0.1) is 0 Å². The number of fused-ring (bicyclic) bond motifs is 1. The van der Waals surface area contributed by atoms with Gasteiger partial charge >= 0.3 is 0 Å². The van der Waals surface area contributed by atoms with Crippen LogP contribution in [0.15, 0.2) is 18.3 Å². The highest BCUT2D eigenvalue weighted by Crippen LogP contribution is 2.24. The molecule has 0 unspecified atom stereocenters. The Morgan fingerprint density at radius 1 is 1.44 bits per heavy atom. The summed E-state index contributed by atoms with van der Waals surface area (Å²) >= 11 is 5.89. The lowest BCUT2D eigenvalue weighted by Gasteiger charge is -2.19. The molecule has 2 heterocycles. The van der Waals surface area contributed by atoms with E-state index in [0.717, 1.165) is 17.9 Å². The van der Waals surface area contributed by atoms with Gasteiger partial charge < -0.3 is 5.73 Å². The zero-order valence-corrected chi connectivity index (χ0v) is 10.2. The van der Waals surface area contributed by atoms with Gasteiger partial charge in [0.1, 0.15) is 0 Å². The van der Waals surface area contributed by atoms with E-state index in [1.165, 1.54) is 0 Å². The summed E-state index contributed by atoms with van der Waals surface area (Å²) in [7, 11) is 0. The first-order valence-electron chi connectivity index (χ1n) is 5.25. The van der Waals surface area contributed by atoms with Crippen LogP contribution >= 0.6 is 11.6 Å². The summed E-state index contributed by atoms with van der Waals surface area (Å²) in [5.41, 5.74) is 6.29. The molecule has 4 nitrogen and oxygen atoms in total. The molecule has 0 aliphatic carbocycles. The van der Waals surface area contributed by atoms with E-state index in [1.807, 2.05) is 12.1 Å². The van der Waals surface area contributed by atoms with Crippen LogP contribution in [-0.4, -0.2) is 21.1 Å². The normalized spacial score (nSPS) is 12.2. The minimum Gasteiger partial charge on any atom is -0.330 e. The largest absolute Gasteiger partial charge is 0.330 e. The minimum atomic E-state index is -0.104. The Hall–Kier alpha value is -1.13. The van der Waals surface area contributed by atoms with E-state index in [-0.39, 0.29) is 5.41 Å². The van der Waals surface area contributed by atoms with Gasteiger partial charge in [-0.25, -0.2) is 9.50 Å². The first-order chi connectivity index (χ1) is 7.53. The van der Waals surface area contributed by atoms with Gasteiger partial charge in [-0.15, -0.1) is 0 Å². The summed E-state index contributed by atoms with van der Waals surface area (Å²) in [6.45, 7) is 4.82. The molecule has 0 aliphatic rings. The Labute approximate surface area is 99.4 Å². The molecule has 0 radical (unpaired) electrons. The van der Waals surface area contributed by atoms with Crippen molar-refractivity contribution in [1.82, 2.24) is 14.6 Å². The first-order valence-corrected chi connectivity index (χ1v) is 5.63. The topological polar surface area (TPSA) is 56.2 Å². The van der Waals surface area contributed by atoms with Crippen LogP contribution in [0.5, 0.6) is 0 Å². The summed E-state index contributed by atoms with van der Waals surface area (Å²) in [4.78, 5) is 4.48. The van der Waals surface area contributed by atoms with Crippen LogP contribution in [0.1, 0.15) is 26.1 Å². The standard InChI is InChI=1S/C11H15ClN4/c1-11(2,5-6-13)10-14-9-4-3-8(12)7-16(9)15-10/h3-4,7H,5-6,13H2,1-2H3. The third-order valence-corrected chi connectivity index (χ3v) is 2.89. The molecule has 0 saturated heterocycles. The molecule has 0 amide bonds. The monoisotopic (exact) mass is 238 g/mol. The van der Waals surface area contributed by atoms with Crippen LogP contribution in [0.25, 0.3) is 5.65 Å². The van der Waals surface area contributed by atoms with Gasteiger partial charge in [-0.1, -0.05) is 25.4 Å². The number of nitrogens with two attached hydrogens (primary N) is 1. The van der Waals surface area contributed by atoms with Crippen LogP contribution < -0.4 is 5.73 Å². The third-order valence-electron chi connectivity index (χ3n) is 2.67. The Kier molecular flexibility index (Phi) is 2.86. The molecule has 86 valence electrons. The maximum Gasteiger partial charge on any atom is 0.157 e. The summed E-state index contributed by atoms with van der Waals surface area (Å²) in [5.74, 6) is 0.806. The molecule has 0 fully saturated rings. The number of halogens is 1. The molecule has 0 atom stereocenters. The third kappa shape index (κ3) is 2.03. The number of rotatable bonds is 3. The number of pyridine rings is 1. The fourth-order valence-electron chi connectivity index (χ4n) is 1.62. The quantitative estimate of drug-likeness (QED) is 0.890. The second-order valence-electron chi connectivity index (χ2n) is 4.51. The lowest BCUT2D eigenvalue weighted by molar-refractivity contribution is 0.457. The van der Waals surface area contributed by atoms with Crippen molar-refractivity contribution in [2.45, 2.75) is 25.7 Å². The Morgan fingerprint density at radius 3 is 2.88 bits per heavy atom. The second kappa shape index (κ2) is 4.03. The summed E-state index contributed by atoms with van der Waals surface area (Å²) in [6, 6.07) is 3.67. The zero-order valence-electron chi connectivity index (χ0n) is 9.44. The van der Waals surface area contributed by atoms with Crippen molar-refractivity contribution in [2.75, 3.05) is 6.54 Å². The van der Waals surface area contributed by atoms with Gasteiger partial charge in [0.15, 0.2) is 11.5 Å². The molecule has 0 bridgehead atoms. The molecule has 0 spiro atoms. The molecule has 16 heavy (non-hydrogen) atoms. The Bertz CT molecular complexity index is 504. The van der Waals surface area contributed by atoms with Crippen LogP contribution in [0.2, 0.25) is 5.02 Å². The van der Waals surface area contributed by atoms with E-state index < -0.39 is 0 Å². The van der Waals surface area contributed by atoms with Crippen molar-refractivity contribution >= 4 is 17.2 Å². The summed E-state index contributed by atoms with van der Waals surface area (Å²) in [5, 5.41) is 5.08. The van der Waals surface area contributed by atoms with Crippen LogP contribution in [-0.2, 0) is 5.41 Å². The van der Waals surface area contributed by atoms with Crippen molar-refractivity contribution in [3.05, 3.63) is 29.2 Å². The smallest absolute Gasteiger partial charge is 0.157 e. The fraction of sp³-hybridized carbons (Fsp3) is 0.455. The van der Waals surface area contributed by atoms with Crippen molar-refractivity contribution in [1.29, 1.82) is 0 Å². The maximum absolute atomic E-state index is 5.89. The number of aromatic nitrogens is 3. The molecule has 2 aromatic rings. The predicted octanol–water partition coefficient (Wildman–Crippen LogP) is 2.01. The van der Waals surface area contributed by atoms with Gasteiger partial charge in [0.05, 0.1) is 5.02 Å². The van der Waals surface area contributed by atoms with Crippen LogP contribution in [0.4, 0.5) is 0 Å². The lowest BCUT2D eigenvalue weighted by atomic mass is 9.89. The maximum atomic E-state index is 5.89. The highest BCUT2D eigenvalue weighted by molar-refractivity contribution is 6.30. The van der Waals surface area contributed by atoms with Crippen LogP contribution in [0.3, 0.4) is 0 Å². The predicted molar refractivity (Wildman–Crippen MR) is 64.7 cm³/mol. The van der Waals surface area contributed by atoms with E-state index in [9.17, 15) is 0 Å². The van der Waals surface area contributed by atoms with E-state index in [0.29, 0.717) is 11.6 Å². The van der Waals surface area contributed by atoms with E-state index in [4.69, 9.17) is 17.3 Å². The second-order valence-corrected chi connectivity index (χ2v) is 4.94. The molecule has 2 rings (SSSR count). The zero-order chi connectivity index (χ0) is 11.8. The molecule has 0 aliphatic heterocycles. The van der Waals surface area contributed by atoms with E-state index in [1.54, 1.807) is 10.7 Å². The number of hydrogen-bond donors (Lipinski definition) is 1. The SMILES string of the molecule is CC(C)(CCN)c1nc2ccc(Cl)cn2n1. The average Bonchev–Trinajstić information content (AvgIpc) is 2.61. The van der Waals surface area contributed by atoms with E-state index in [2.05, 4.69) is 23.9 Å². The molecular weight excluding hydrogens is 224 g/mol. The van der Waals surface area contributed by atoms with Gasteiger partial charge in [0.25, 0.3) is 0 Å². The molecule has 2 aromatic heterocycles. The van der Waals surface area contributed by atoms with Gasteiger partial charge in [0, 0.05) is 11.6 Å². The molecular formula is C11H15ClN4. The summed E-state index contributed by atoms with van der Waals surface area (Å²) < 4.78 is 1.70. The minimum absolute atomic E-state index is 0.104. The highest BCUT2D eigenvalue weighted by atomic mass is 35.5. The fourth-order valence-corrected chi connectivity index (χ4v) is 1.77. The number of hydrogen-bond acceptors (Lipinski definition) is 3. The summed E-state index contributed by atoms with van der Waals surface area (Å²) in [6.07, 6.45) is 2.61. The van der Waals surface area contributed by atoms with Crippen molar-refractivity contribution in [3.8, 4) is 0 Å². The molecule has 2 N–H and O–H groups in total. The molecule has 0 aromatic carbocycles. The van der Waals surface area contributed by atoms with Gasteiger partial charge in [-0.05, 0) is 25.1 Å². The highest BCUT2D eigenvalue weighted by Gasteiger charge is 2.24. The molecule has 5 heteroatoms. The molecule has 0 saturated carbocycles. The van der Waals surface area contributed by atoms with Gasteiger partial charge in [-0.3, -0.25) is 0 Å². The van der Waals surface area contributed by atoms with Gasteiger partial charge in [0.2, 0.25) is 0 Å². The number of nitrogens with zero attached hydrogens (tertiary/aromatic N) is 3. The first kappa shape index (κ1) is 11.4. The Balaban J connectivity index is 2.46. The van der Waals surface area contributed by atoms with Crippen molar-refractivity contribution < 1.29 is 0 Å². The average molecular weight is 239 g/mol. The van der Waals surface area contributed by atoms with E-state index >= 15 is 0 Å². The Morgan fingerprint density at radius 2 is 2.19 bits per heavy atom. The van der Waals surface area contributed by atoms with Gasteiger partial charge in [-0.2, -0.15) is 5.10 Å². The van der Waals surface area contributed by atoms with Crippen molar-refractivity contribution in [3.63, 3.8) is 0 Å². The van der Waals surface area contributed by atoms with Crippen molar-refractivity contribution in [2.24, 2.45) is 5.73 Å².